The maximum atomic E-state index is 12.2. The molecule has 2 aromatic rings. The molecule has 0 spiro atoms. The van der Waals surface area contributed by atoms with Gasteiger partial charge in [0.1, 0.15) is 22.8 Å². The number of hydrogen-bond donors (Lipinski definition) is 1. The molecule has 0 atom stereocenters. The third kappa shape index (κ3) is 3.72. The van der Waals surface area contributed by atoms with Crippen LogP contribution in [0.3, 0.4) is 0 Å². The number of carboxylic acid groups (broad SMARTS) is 1. The van der Waals surface area contributed by atoms with E-state index in [1.165, 1.54) is 13.0 Å². The summed E-state index contributed by atoms with van der Waals surface area (Å²) in [4.78, 5) is 10.9. The first-order chi connectivity index (χ1) is 9.78. The number of aryl methyl sites for hydroxylation is 2. The Bertz CT molecular complexity index is 771. The first-order valence-corrected chi connectivity index (χ1v) is 8.18. The number of rotatable bonds is 5. The Kier molecular flexibility index (Phi) is 4.18. The zero-order valence-electron chi connectivity index (χ0n) is 11.8. The maximum absolute atomic E-state index is 12.2. The molecule has 0 aliphatic rings. The van der Waals surface area contributed by atoms with Crippen molar-refractivity contribution in [3.8, 4) is 0 Å². The summed E-state index contributed by atoms with van der Waals surface area (Å²) in [5, 5.41) is 8.94. The molecule has 0 aliphatic heterocycles. The van der Waals surface area contributed by atoms with Crippen LogP contribution in [-0.4, -0.2) is 19.5 Å². The lowest BCUT2D eigenvalue weighted by Crippen LogP contribution is -2.08. The van der Waals surface area contributed by atoms with Crippen molar-refractivity contribution in [1.82, 2.24) is 0 Å². The fraction of sp³-hybridized carbons (Fsp3) is 0.267. The van der Waals surface area contributed by atoms with E-state index in [1.807, 2.05) is 19.1 Å². The largest absolute Gasteiger partial charge is 0.478 e. The normalized spacial score (nSPS) is 11.5. The van der Waals surface area contributed by atoms with Crippen molar-refractivity contribution in [3.05, 3.63) is 58.5 Å². The second-order valence-corrected chi connectivity index (χ2v) is 7.01. The minimum Gasteiger partial charge on any atom is -0.478 e. The lowest BCUT2D eigenvalue weighted by atomic mass is 10.1. The first kappa shape index (κ1) is 15.3. The van der Waals surface area contributed by atoms with Crippen LogP contribution in [0.25, 0.3) is 0 Å². The van der Waals surface area contributed by atoms with Crippen LogP contribution in [0.5, 0.6) is 0 Å². The number of furan rings is 1. The Morgan fingerprint density at radius 3 is 2.43 bits per heavy atom. The molecule has 0 radical (unpaired) electrons. The van der Waals surface area contributed by atoms with E-state index in [9.17, 15) is 13.2 Å². The van der Waals surface area contributed by atoms with Crippen molar-refractivity contribution < 1.29 is 22.7 Å². The van der Waals surface area contributed by atoms with Gasteiger partial charge < -0.3 is 9.52 Å². The predicted molar refractivity (Wildman–Crippen MR) is 77.9 cm³/mol. The van der Waals surface area contributed by atoms with Crippen LogP contribution in [-0.2, 0) is 21.3 Å². The van der Waals surface area contributed by atoms with E-state index in [4.69, 9.17) is 9.52 Å². The smallest absolute Gasteiger partial charge is 0.339 e. The monoisotopic (exact) mass is 308 g/mol. The van der Waals surface area contributed by atoms with Crippen molar-refractivity contribution in [2.45, 2.75) is 25.4 Å². The summed E-state index contributed by atoms with van der Waals surface area (Å²) in [5.41, 5.74) is 1.64. The summed E-state index contributed by atoms with van der Waals surface area (Å²) in [6, 6.07) is 8.53. The predicted octanol–water partition coefficient (Wildman–Crippen LogP) is 2.71. The molecule has 6 heteroatoms. The molecule has 0 unspecified atom stereocenters. The van der Waals surface area contributed by atoms with Gasteiger partial charge in [0, 0.05) is 0 Å². The molecule has 21 heavy (non-hydrogen) atoms. The van der Waals surface area contributed by atoms with Gasteiger partial charge in [-0.3, -0.25) is 0 Å². The van der Waals surface area contributed by atoms with E-state index >= 15 is 0 Å². The average molecular weight is 308 g/mol. The lowest BCUT2D eigenvalue weighted by molar-refractivity contribution is 0.0695. The molecular weight excluding hydrogens is 292 g/mol. The van der Waals surface area contributed by atoms with E-state index < -0.39 is 15.8 Å². The van der Waals surface area contributed by atoms with Crippen LogP contribution in [0.15, 0.2) is 34.7 Å². The van der Waals surface area contributed by atoms with Gasteiger partial charge in [-0.25, -0.2) is 13.2 Å². The number of aromatic carboxylic acids is 1. The maximum Gasteiger partial charge on any atom is 0.339 e. The Morgan fingerprint density at radius 1 is 1.19 bits per heavy atom. The molecular formula is C15H16O5S. The minimum absolute atomic E-state index is 0.00362. The van der Waals surface area contributed by atoms with Gasteiger partial charge in [-0.05, 0) is 31.0 Å². The topological polar surface area (TPSA) is 84.6 Å². The van der Waals surface area contributed by atoms with Gasteiger partial charge in [-0.2, -0.15) is 0 Å². The molecule has 1 heterocycles. The minimum atomic E-state index is -3.43. The molecule has 0 bridgehead atoms. The highest BCUT2D eigenvalue weighted by Crippen LogP contribution is 2.20. The van der Waals surface area contributed by atoms with Crippen molar-refractivity contribution in [3.63, 3.8) is 0 Å². The Balaban J connectivity index is 2.20. The summed E-state index contributed by atoms with van der Waals surface area (Å²) < 4.78 is 29.6. The van der Waals surface area contributed by atoms with E-state index in [-0.39, 0.29) is 28.6 Å². The third-order valence-electron chi connectivity index (χ3n) is 3.20. The van der Waals surface area contributed by atoms with Gasteiger partial charge >= 0.3 is 5.97 Å². The van der Waals surface area contributed by atoms with Crippen molar-refractivity contribution >= 4 is 15.8 Å². The zero-order chi connectivity index (χ0) is 15.6. The molecule has 0 amide bonds. The van der Waals surface area contributed by atoms with Crippen LogP contribution < -0.4 is 0 Å². The Morgan fingerprint density at radius 2 is 1.86 bits per heavy atom. The van der Waals surface area contributed by atoms with Crippen LogP contribution in [0, 0.1) is 13.8 Å². The van der Waals surface area contributed by atoms with Crippen LogP contribution in [0.1, 0.15) is 33.0 Å². The van der Waals surface area contributed by atoms with Gasteiger partial charge in [-0.15, -0.1) is 0 Å². The fourth-order valence-corrected chi connectivity index (χ4v) is 3.58. The van der Waals surface area contributed by atoms with E-state index in [2.05, 4.69) is 0 Å². The lowest BCUT2D eigenvalue weighted by Gasteiger charge is -2.05. The molecule has 1 aromatic carbocycles. The van der Waals surface area contributed by atoms with Crippen LogP contribution >= 0.6 is 0 Å². The molecule has 0 fully saturated rings. The molecule has 112 valence electrons. The van der Waals surface area contributed by atoms with Crippen molar-refractivity contribution in [1.29, 1.82) is 0 Å². The van der Waals surface area contributed by atoms with Gasteiger partial charge in [0.15, 0.2) is 9.84 Å². The SMILES string of the molecule is Cc1ccccc1CS(=O)(=O)Cc1cc(C(=O)O)c(C)o1. The number of carboxylic acids is 1. The fourth-order valence-electron chi connectivity index (χ4n) is 2.10. The summed E-state index contributed by atoms with van der Waals surface area (Å²) in [5.74, 6) is -1.17. The molecule has 5 nitrogen and oxygen atoms in total. The highest BCUT2D eigenvalue weighted by Gasteiger charge is 2.20. The van der Waals surface area contributed by atoms with Gasteiger partial charge in [-0.1, -0.05) is 24.3 Å². The number of sulfone groups is 1. The summed E-state index contributed by atoms with van der Waals surface area (Å²) in [7, 11) is -3.43. The third-order valence-corrected chi connectivity index (χ3v) is 4.67. The van der Waals surface area contributed by atoms with Crippen molar-refractivity contribution in [2.24, 2.45) is 0 Å². The highest BCUT2D eigenvalue weighted by atomic mass is 32.2. The van der Waals surface area contributed by atoms with Crippen LogP contribution in [0.4, 0.5) is 0 Å². The summed E-state index contributed by atoms with van der Waals surface area (Å²) in [6.45, 7) is 3.35. The second kappa shape index (κ2) is 5.73. The number of benzene rings is 1. The van der Waals surface area contributed by atoms with Gasteiger partial charge in [0.2, 0.25) is 0 Å². The van der Waals surface area contributed by atoms with E-state index in [0.29, 0.717) is 0 Å². The van der Waals surface area contributed by atoms with Gasteiger partial charge in [0.05, 0.1) is 5.75 Å². The molecule has 1 aromatic heterocycles. The molecule has 0 saturated carbocycles. The second-order valence-electron chi connectivity index (χ2n) is 4.95. The zero-order valence-corrected chi connectivity index (χ0v) is 12.6. The number of hydrogen-bond acceptors (Lipinski definition) is 4. The molecule has 2 rings (SSSR count). The quantitative estimate of drug-likeness (QED) is 0.918. The standard InChI is InChI=1S/C15H16O5S/c1-10-5-3-4-6-12(10)8-21(18,19)9-13-7-14(15(16)17)11(2)20-13/h3-7H,8-9H2,1-2H3,(H,16,17). The van der Waals surface area contributed by atoms with Crippen molar-refractivity contribution in [2.75, 3.05) is 0 Å². The first-order valence-electron chi connectivity index (χ1n) is 6.36. The number of carbonyl (C=O) groups is 1. The average Bonchev–Trinajstić information content (AvgIpc) is 2.72. The van der Waals surface area contributed by atoms with E-state index in [1.54, 1.807) is 12.1 Å². The molecule has 1 N–H and O–H groups in total. The van der Waals surface area contributed by atoms with Crippen LogP contribution in [0.2, 0.25) is 0 Å². The Hall–Kier alpha value is -2.08. The van der Waals surface area contributed by atoms with E-state index in [0.717, 1.165) is 11.1 Å². The summed E-state index contributed by atoms with van der Waals surface area (Å²) >= 11 is 0. The summed E-state index contributed by atoms with van der Waals surface area (Å²) in [6.07, 6.45) is 0. The Labute approximate surface area is 123 Å². The molecule has 0 aliphatic carbocycles. The highest BCUT2D eigenvalue weighted by molar-refractivity contribution is 7.89. The molecule has 0 saturated heterocycles. The van der Waals surface area contributed by atoms with Gasteiger partial charge in [0.25, 0.3) is 0 Å².